The molecular weight excluding hydrogens is 73.0 g/mol. The molecule has 1 atom stereocenters. The monoisotopic (exact) mass is 79.0 g/mol. The molecule has 0 aliphatic rings. The fourth-order valence-electron chi connectivity index (χ4n) is 0. The number of hydrogen-bond donors (Lipinski definition) is 1. The molecule has 0 aliphatic carbocycles. The van der Waals surface area contributed by atoms with Gasteiger partial charge in [-0.3, -0.25) is 0 Å². The van der Waals surface area contributed by atoms with Crippen LogP contribution in [0.3, 0.4) is 0 Å². The zero-order valence-corrected chi connectivity index (χ0v) is 3.64. The van der Waals surface area contributed by atoms with Crippen LogP contribution in [0.5, 0.6) is 0 Å². The molecule has 0 radical (unpaired) electrons. The summed E-state index contributed by atoms with van der Waals surface area (Å²) in [5, 5.41) is 2.35. The normalized spacial score (nSPS) is 7.50. The first-order valence-electron chi connectivity index (χ1n) is 0.901. The molecule has 0 aromatic heterocycles. The molecule has 1 N–H and O–H groups in total. The van der Waals surface area contributed by atoms with Crippen molar-refractivity contribution in [2.45, 2.75) is 0 Å². The molecule has 26 valence electrons. The molecule has 4 heavy (non-hydrogen) atoms. The van der Waals surface area contributed by atoms with Crippen molar-refractivity contribution in [2.75, 3.05) is 7.11 Å². The van der Waals surface area contributed by atoms with E-state index in [9.17, 15) is 0 Å². The number of hydrogen-bond acceptors (Lipinski definition) is 2. The van der Waals surface area contributed by atoms with Gasteiger partial charge in [0.2, 0.25) is 0 Å². The van der Waals surface area contributed by atoms with Crippen LogP contribution in [-0.4, -0.2) is 7.11 Å². The Morgan fingerprint density at radius 1 is 2.00 bits per heavy atom. The summed E-state index contributed by atoms with van der Waals surface area (Å²) in [7, 11) is 3.73. The molecule has 3 heteroatoms. The van der Waals surface area contributed by atoms with Crippen molar-refractivity contribution in [1.82, 2.24) is 5.25 Å². The van der Waals surface area contributed by atoms with Gasteiger partial charge in [-0.2, -0.15) is 5.25 Å². The van der Waals surface area contributed by atoms with E-state index in [4.69, 9.17) is 0 Å². The molecule has 0 saturated carbocycles. The third kappa shape index (κ3) is 2.35. The standard InChI is InChI=1S/CH6NOP/c1-3-2-4/h2H,4H2,1H3. The van der Waals surface area contributed by atoms with Crippen molar-refractivity contribution < 1.29 is 4.84 Å². The predicted octanol–water partition coefficient (Wildman–Crippen LogP) is -0.0725. The quantitative estimate of drug-likeness (QED) is 0.351. The zero-order valence-electron chi connectivity index (χ0n) is 2.49. The Morgan fingerprint density at radius 3 is 2.25 bits per heavy atom. The Hall–Kier alpha value is 0.350. The van der Waals surface area contributed by atoms with E-state index in [-0.39, 0.29) is 0 Å². The van der Waals surface area contributed by atoms with Crippen LogP contribution < -0.4 is 5.25 Å². The Bertz CT molecular complexity index is 10.0. The van der Waals surface area contributed by atoms with Gasteiger partial charge in [-0.25, -0.2) is 0 Å². The molecule has 1 unspecified atom stereocenters. The van der Waals surface area contributed by atoms with Gasteiger partial charge in [0, 0.05) is 0 Å². The first-order chi connectivity index (χ1) is 1.91. The summed E-state index contributed by atoms with van der Waals surface area (Å²) in [4.78, 5) is 4.25. The molecule has 0 saturated heterocycles. The smallest absolute Gasteiger partial charge is 0.0575 e. The van der Waals surface area contributed by atoms with Crippen molar-refractivity contribution in [3.8, 4) is 0 Å². The maximum absolute atomic E-state index is 4.25. The maximum atomic E-state index is 4.25. The van der Waals surface area contributed by atoms with Crippen molar-refractivity contribution in [2.24, 2.45) is 0 Å². The van der Waals surface area contributed by atoms with E-state index in [1.165, 1.54) is 0 Å². The maximum Gasteiger partial charge on any atom is 0.0575 e. The van der Waals surface area contributed by atoms with Crippen LogP contribution in [0.15, 0.2) is 0 Å². The Kier molecular flexibility index (Phi) is 3.64. The minimum atomic E-state index is 1.55. The largest absolute Gasteiger partial charge is 0.302 e. The van der Waals surface area contributed by atoms with Crippen LogP contribution in [0.4, 0.5) is 0 Å². The lowest BCUT2D eigenvalue weighted by Crippen LogP contribution is -1.89. The second kappa shape index (κ2) is 3.35. The van der Waals surface area contributed by atoms with E-state index >= 15 is 0 Å². The molecular formula is CH6NOP. The van der Waals surface area contributed by atoms with E-state index in [1.54, 1.807) is 7.11 Å². The van der Waals surface area contributed by atoms with Crippen molar-refractivity contribution in [3.05, 3.63) is 0 Å². The van der Waals surface area contributed by atoms with E-state index in [1.807, 2.05) is 0 Å². The topological polar surface area (TPSA) is 21.3 Å². The molecule has 2 nitrogen and oxygen atoms in total. The minimum absolute atomic E-state index is 1.55. The summed E-state index contributed by atoms with van der Waals surface area (Å²) in [6, 6.07) is 0. The second-order valence-electron chi connectivity index (χ2n) is 0.322. The summed E-state index contributed by atoms with van der Waals surface area (Å²) < 4.78 is 0. The summed E-state index contributed by atoms with van der Waals surface area (Å²) in [6.07, 6.45) is 0. The molecule has 0 aromatic carbocycles. The number of nitrogens with one attached hydrogen (secondary N) is 1. The predicted molar refractivity (Wildman–Crippen MR) is 19.9 cm³/mol. The van der Waals surface area contributed by atoms with Gasteiger partial charge >= 0.3 is 0 Å². The zero-order chi connectivity index (χ0) is 3.41. The van der Waals surface area contributed by atoms with Gasteiger partial charge in [0.15, 0.2) is 0 Å². The van der Waals surface area contributed by atoms with Gasteiger partial charge in [-0.05, 0) is 9.39 Å². The highest BCUT2D eigenvalue weighted by molar-refractivity contribution is 7.13. The van der Waals surface area contributed by atoms with Crippen LogP contribution in [-0.2, 0) is 4.84 Å². The fourth-order valence-corrected chi connectivity index (χ4v) is 0. The lowest BCUT2D eigenvalue weighted by Gasteiger charge is -1.80. The fraction of sp³-hybridized carbons (Fsp3) is 1.00. The van der Waals surface area contributed by atoms with Crippen molar-refractivity contribution in [1.29, 1.82) is 0 Å². The molecule has 0 amide bonds. The van der Waals surface area contributed by atoms with E-state index in [0.717, 1.165) is 0 Å². The van der Waals surface area contributed by atoms with Crippen LogP contribution in [0, 0.1) is 0 Å². The second-order valence-corrected chi connectivity index (χ2v) is 0.558. The number of rotatable bonds is 1. The van der Waals surface area contributed by atoms with Gasteiger partial charge < -0.3 is 4.84 Å². The average Bonchev–Trinajstić information content (AvgIpc) is 1.37. The van der Waals surface area contributed by atoms with E-state index in [0.29, 0.717) is 0 Å². The van der Waals surface area contributed by atoms with Crippen LogP contribution in [0.2, 0.25) is 0 Å². The highest BCUT2D eigenvalue weighted by Crippen LogP contribution is 1.59. The van der Waals surface area contributed by atoms with Gasteiger partial charge in [0.25, 0.3) is 0 Å². The van der Waals surface area contributed by atoms with Gasteiger partial charge in [-0.1, -0.05) is 0 Å². The molecule has 0 aromatic rings. The van der Waals surface area contributed by atoms with Crippen molar-refractivity contribution in [3.63, 3.8) is 0 Å². The van der Waals surface area contributed by atoms with E-state index in [2.05, 4.69) is 19.5 Å². The molecule has 0 spiro atoms. The minimum Gasteiger partial charge on any atom is -0.302 e. The Morgan fingerprint density at radius 2 is 2.25 bits per heavy atom. The van der Waals surface area contributed by atoms with Gasteiger partial charge in [0.1, 0.15) is 0 Å². The first kappa shape index (κ1) is 4.35. The average molecular weight is 79.0 g/mol. The van der Waals surface area contributed by atoms with Gasteiger partial charge in [-0.15, -0.1) is 0 Å². The van der Waals surface area contributed by atoms with E-state index < -0.39 is 0 Å². The van der Waals surface area contributed by atoms with Crippen LogP contribution >= 0.6 is 9.39 Å². The Labute approximate surface area is 27.7 Å². The molecule has 0 bridgehead atoms. The SMILES string of the molecule is CONP. The van der Waals surface area contributed by atoms with Gasteiger partial charge in [0.05, 0.1) is 7.11 Å². The highest BCUT2D eigenvalue weighted by atomic mass is 31.0. The third-order valence-electron chi connectivity index (χ3n) is 0.118. The molecule has 0 heterocycles. The summed E-state index contributed by atoms with van der Waals surface area (Å²) >= 11 is 0. The first-order valence-corrected chi connectivity index (χ1v) is 1.48. The summed E-state index contributed by atoms with van der Waals surface area (Å²) in [5.74, 6) is 0. The summed E-state index contributed by atoms with van der Waals surface area (Å²) in [6.45, 7) is 0. The lowest BCUT2D eigenvalue weighted by molar-refractivity contribution is 0.163. The third-order valence-corrected chi connectivity index (χ3v) is 0.354. The molecule has 0 aliphatic heterocycles. The summed E-state index contributed by atoms with van der Waals surface area (Å²) in [5.41, 5.74) is 0. The highest BCUT2D eigenvalue weighted by Gasteiger charge is 1.45. The van der Waals surface area contributed by atoms with Crippen molar-refractivity contribution >= 4 is 9.39 Å². The van der Waals surface area contributed by atoms with Crippen LogP contribution in [0.25, 0.3) is 0 Å². The van der Waals surface area contributed by atoms with Crippen LogP contribution in [0.1, 0.15) is 0 Å². The Balaban J connectivity index is 1.97. The molecule has 0 fully saturated rings. The molecule has 0 rings (SSSR count). The lowest BCUT2D eigenvalue weighted by atomic mass is 11.7.